The first kappa shape index (κ1) is 18.1. The molecular weight excluding hydrogens is 400 g/mol. The topological polar surface area (TPSA) is 109 Å². The highest BCUT2D eigenvalue weighted by atomic mass is 32.1. The van der Waals surface area contributed by atoms with Crippen molar-refractivity contribution >= 4 is 39.5 Å². The van der Waals surface area contributed by atoms with E-state index in [0.717, 1.165) is 11.3 Å². The van der Waals surface area contributed by atoms with Gasteiger partial charge < -0.3 is 18.6 Å². The Kier molecular flexibility index (Phi) is 3.76. The molecule has 1 aromatic heterocycles. The molecule has 0 N–H and O–H groups in total. The molecule has 4 bridgehead atoms. The minimum atomic E-state index is -1.44. The first-order chi connectivity index (χ1) is 13.8. The van der Waals surface area contributed by atoms with Crippen LogP contribution < -0.4 is 9.68 Å². The smallest absolute Gasteiger partial charge is 0.396 e. The van der Waals surface area contributed by atoms with Crippen LogP contribution in [0.1, 0.15) is 19.8 Å². The minimum absolute atomic E-state index is 0.103. The SMILES string of the molecule is C=C(C)C(=O)OC12CC3CC1C(C(=O)Oc1ccc4sc(=O)oc4c1)C3C(=O)O2. The number of carbonyl (C=O) groups excluding carboxylic acids is 3. The molecule has 29 heavy (non-hydrogen) atoms. The Labute approximate surface area is 168 Å². The van der Waals surface area contributed by atoms with Gasteiger partial charge in [-0.2, -0.15) is 0 Å². The van der Waals surface area contributed by atoms with Crippen molar-refractivity contribution in [2.24, 2.45) is 23.7 Å². The lowest BCUT2D eigenvalue weighted by atomic mass is 9.73. The average Bonchev–Trinajstić information content (AvgIpc) is 3.28. The summed E-state index contributed by atoms with van der Waals surface area (Å²) in [6, 6.07) is 4.66. The fourth-order valence-electron chi connectivity index (χ4n) is 4.83. The summed E-state index contributed by atoms with van der Waals surface area (Å²) in [6.07, 6.45) is 0.918. The van der Waals surface area contributed by atoms with E-state index in [-0.39, 0.29) is 17.2 Å². The maximum Gasteiger partial charge on any atom is 0.396 e. The van der Waals surface area contributed by atoms with Crippen molar-refractivity contribution in [2.45, 2.75) is 25.6 Å². The first-order valence-electron chi connectivity index (χ1n) is 9.14. The Balaban J connectivity index is 1.42. The van der Waals surface area contributed by atoms with Crippen molar-refractivity contribution < 1.29 is 33.0 Å². The van der Waals surface area contributed by atoms with Crippen molar-refractivity contribution in [2.75, 3.05) is 0 Å². The maximum atomic E-state index is 13.0. The molecule has 5 unspecified atom stereocenters. The van der Waals surface area contributed by atoms with Gasteiger partial charge in [0.2, 0.25) is 0 Å². The van der Waals surface area contributed by atoms with Crippen LogP contribution >= 0.6 is 11.3 Å². The zero-order valence-electron chi connectivity index (χ0n) is 15.3. The van der Waals surface area contributed by atoms with Crippen LogP contribution in [0.25, 0.3) is 10.3 Å². The minimum Gasteiger partial charge on any atom is -0.426 e. The molecule has 8 nitrogen and oxygen atoms in total. The number of hydrogen-bond acceptors (Lipinski definition) is 9. The number of hydrogen-bond donors (Lipinski definition) is 0. The van der Waals surface area contributed by atoms with E-state index in [9.17, 15) is 19.2 Å². The second-order valence-corrected chi connectivity index (χ2v) is 8.72. The Bertz CT molecular complexity index is 1140. The molecule has 2 aliphatic carbocycles. The van der Waals surface area contributed by atoms with Crippen LogP contribution in [0.15, 0.2) is 39.6 Å². The lowest BCUT2D eigenvalue weighted by Crippen LogP contribution is -2.59. The molecule has 1 aromatic carbocycles. The summed E-state index contributed by atoms with van der Waals surface area (Å²) in [7, 11) is 0. The summed E-state index contributed by atoms with van der Waals surface area (Å²) in [5.74, 6) is -4.97. The van der Waals surface area contributed by atoms with Crippen molar-refractivity contribution in [1.82, 2.24) is 0 Å². The van der Waals surface area contributed by atoms with E-state index in [1.54, 1.807) is 12.1 Å². The van der Waals surface area contributed by atoms with Gasteiger partial charge in [-0.1, -0.05) is 17.9 Å². The van der Waals surface area contributed by atoms with Gasteiger partial charge in [0.25, 0.3) is 5.79 Å². The van der Waals surface area contributed by atoms with Crippen LogP contribution in [0.5, 0.6) is 5.75 Å². The zero-order chi connectivity index (χ0) is 20.5. The van der Waals surface area contributed by atoms with E-state index < -0.39 is 46.4 Å². The van der Waals surface area contributed by atoms with Crippen molar-refractivity contribution in [3.05, 3.63) is 40.1 Å². The van der Waals surface area contributed by atoms with Crippen molar-refractivity contribution in [1.29, 1.82) is 0 Å². The number of rotatable bonds is 4. The van der Waals surface area contributed by atoms with E-state index in [0.29, 0.717) is 23.1 Å². The molecule has 2 aromatic rings. The summed E-state index contributed by atoms with van der Waals surface area (Å²) in [4.78, 5) is 48.5. The average molecular weight is 416 g/mol. The predicted molar refractivity (Wildman–Crippen MR) is 98.9 cm³/mol. The summed E-state index contributed by atoms with van der Waals surface area (Å²) in [6.45, 7) is 5.06. The number of benzene rings is 1. The number of esters is 3. The molecule has 9 heteroatoms. The molecule has 2 saturated heterocycles. The van der Waals surface area contributed by atoms with Gasteiger partial charge in [0, 0.05) is 18.1 Å². The van der Waals surface area contributed by atoms with Crippen molar-refractivity contribution in [3.8, 4) is 5.75 Å². The summed E-state index contributed by atoms with van der Waals surface area (Å²) >= 11 is 0.953. The largest absolute Gasteiger partial charge is 0.426 e. The third-order valence-electron chi connectivity index (χ3n) is 5.95. The Morgan fingerprint density at radius 3 is 2.86 bits per heavy atom. The maximum absolute atomic E-state index is 13.0. The summed E-state index contributed by atoms with van der Waals surface area (Å²) in [5.41, 5.74) is 0.510. The fraction of sp³-hybridized carbons (Fsp3) is 0.400. The monoisotopic (exact) mass is 416 g/mol. The molecule has 4 aliphatic rings. The number of carbonyl (C=O) groups is 3. The Morgan fingerprint density at radius 1 is 1.31 bits per heavy atom. The second-order valence-electron chi connectivity index (χ2n) is 7.74. The van der Waals surface area contributed by atoms with E-state index in [4.69, 9.17) is 18.6 Å². The van der Waals surface area contributed by atoms with E-state index in [2.05, 4.69) is 6.58 Å². The lowest BCUT2D eigenvalue weighted by molar-refractivity contribution is -0.277. The quantitative estimate of drug-likeness (QED) is 0.425. The standard InChI is InChI=1S/C20H16O8S/c1-8(2)16(21)27-20-7-9-5-11(20)15(14(9)18(23)28-20)17(22)25-10-3-4-13-12(6-10)26-19(24)29-13/h3-4,6,9,11,14-15H,1,5,7H2,2H3. The summed E-state index contributed by atoms with van der Waals surface area (Å²) < 4.78 is 22.2. The normalized spacial score (nSPS) is 31.7. The van der Waals surface area contributed by atoms with Gasteiger partial charge in [0.1, 0.15) is 5.75 Å². The summed E-state index contributed by atoms with van der Waals surface area (Å²) in [5, 5.41) is 0. The predicted octanol–water partition coefficient (Wildman–Crippen LogP) is 2.40. The third-order valence-corrected chi connectivity index (χ3v) is 6.76. The van der Waals surface area contributed by atoms with Gasteiger partial charge in [-0.15, -0.1) is 0 Å². The van der Waals surface area contributed by atoms with Gasteiger partial charge in [-0.3, -0.25) is 9.59 Å². The van der Waals surface area contributed by atoms with Gasteiger partial charge in [0.15, 0.2) is 5.58 Å². The van der Waals surface area contributed by atoms with Gasteiger partial charge in [0.05, 0.1) is 22.5 Å². The van der Waals surface area contributed by atoms with Crippen LogP contribution in [0.3, 0.4) is 0 Å². The molecule has 3 heterocycles. The number of fused-ring (bicyclic) bond motifs is 2. The molecule has 6 rings (SSSR count). The molecule has 5 atom stereocenters. The van der Waals surface area contributed by atoms with Crippen LogP contribution in [0.4, 0.5) is 0 Å². The molecule has 2 saturated carbocycles. The highest BCUT2D eigenvalue weighted by Gasteiger charge is 2.73. The molecular formula is C20H16O8S. The van der Waals surface area contributed by atoms with E-state index in [1.807, 2.05) is 0 Å². The highest BCUT2D eigenvalue weighted by molar-refractivity contribution is 7.16. The molecule has 0 amide bonds. The fourth-order valence-corrected chi connectivity index (χ4v) is 5.48. The Hall–Kier alpha value is -2.94. The first-order valence-corrected chi connectivity index (χ1v) is 9.96. The molecule has 0 radical (unpaired) electrons. The number of ether oxygens (including phenoxy) is 3. The molecule has 4 fully saturated rings. The Morgan fingerprint density at radius 2 is 2.10 bits per heavy atom. The molecule has 150 valence electrons. The van der Waals surface area contributed by atoms with E-state index in [1.165, 1.54) is 13.0 Å². The van der Waals surface area contributed by atoms with Crippen LogP contribution in [0.2, 0.25) is 0 Å². The van der Waals surface area contributed by atoms with Crippen LogP contribution in [-0.4, -0.2) is 23.7 Å². The van der Waals surface area contributed by atoms with Crippen molar-refractivity contribution in [3.63, 3.8) is 0 Å². The highest BCUT2D eigenvalue weighted by Crippen LogP contribution is 2.63. The van der Waals surface area contributed by atoms with Crippen LogP contribution in [-0.2, 0) is 23.9 Å². The lowest BCUT2D eigenvalue weighted by Gasteiger charge is -2.46. The van der Waals surface area contributed by atoms with E-state index >= 15 is 0 Å². The van der Waals surface area contributed by atoms with Gasteiger partial charge in [-0.05, 0) is 31.4 Å². The molecule has 0 spiro atoms. The molecule has 2 aliphatic heterocycles. The van der Waals surface area contributed by atoms with Crippen LogP contribution in [0, 0.1) is 23.7 Å². The van der Waals surface area contributed by atoms with Gasteiger partial charge in [-0.25, -0.2) is 9.59 Å². The third kappa shape index (κ3) is 2.64. The van der Waals surface area contributed by atoms with Gasteiger partial charge >= 0.3 is 22.8 Å². The zero-order valence-corrected chi connectivity index (χ0v) is 16.2. The second kappa shape index (κ2) is 6.03.